The Balaban J connectivity index is 1.59. The minimum atomic E-state index is 0.666. The van der Waals surface area contributed by atoms with Gasteiger partial charge >= 0.3 is 0 Å². The summed E-state index contributed by atoms with van der Waals surface area (Å²) in [5, 5.41) is 7.30. The normalized spacial score (nSPS) is 13.1. The Morgan fingerprint density at radius 2 is 1.87 bits per heavy atom. The molecule has 0 saturated carbocycles. The van der Waals surface area contributed by atoms with Gasteiger partial charge in [0.1, 0.15) is 5.75 Å². The molecule has 2 aromatic rings. The van der Waals surface area contributed by atoms with Gasteiger partial charge in [-0.05, 0) is 72.8 Å². The molecule has 23 heavy (non-hydrogen) atoms. The number of aryl methyl sites for hydroxylation is 1. The first-order chi connectivity index (χ1) is 11.3. The van der Waals surface area contributed by atoms with Crippen molar-refractivity contribution in [2.45, 2.75) is 32.2 Å². The third kappa shape index (κ3) is 4.02. The third-order valence-corrected chi connectivity index (χ3v) is 4.50. The summed E-state index contributed by atoms with van der Waals surface area (Å²) >= 11 is 5.44. The zero-order chi connectivity index (χ0) is 16.1. The molecule has 0 atom stereocenters. The van der Waals surface area contributed by atoms with Crippen LogP contribution in [0.4, 0.5) is 5.69 Å². The highest BCUT2D eigenvalue weighted by Crippen LogP contribution is 2.27. The van der Waals surface area contributed by atoms with Crippen molar-refractivity contribution in [2.24, 2.45) is 0 Å². The lowest BCUT2D eigenvalue weighted by molar-refractivity contribution is 0.414. The second kappa shape index (κ2) is 7.47. The fraction of sp³-hybridized carbons (Fsp3) is 0.316. The zero-order valence-corrected chi connectivity index (χ0v) is 14.2. The molecule has 3 nitrogen and oxygen atoms in total. The second-order valence-electron chi connectivity index (χ2n) is 5.81. The maximum atomic E-state index is 5.44. The van der Waals surface area contributed by atoms with Crippen molar-refractivity contribution in [1.29, 1.82) is 0 Å². The molecule has 2 N–H and O–H groups in total. The molecule has 0 heterocycles. The van der Waals surface area contributed by atoms with Crippen LogP contribution in [0.2, 0.25) is 0 Å². The summed E-state index contributed by atoms with van der Waals surface area (Å²) in [7, 11) is 1.67. The molecule has 120 valence electrons. The van der Waals surface area contributed by atoms with Crippen molar-refractivity contribution < 1.29 is 4.74 Å². The van der Waals surface area contributed by atoms with E-state index in [9.17, 15) is 0 Å². The standard InChI is InChI=1S/C19H22N2OS/c1-22-16-11-9-14(10-12-16)13-20-19(23)21-18-8-4-6-15-5-2-3-7-17(15)18/h4,6,8-12H,2-3,5,7,13H2,1H3,(H2,20,21,23). The van der Waals surface area contributed by atoms with Crippen LogP contribution >= 0.6 is 12.2 Å². The summed E-state index contributed by atoms with van der Waals surface area (Å²) in [6, 6.07) is 14.5. The van der Waals surface area contributed by atoms with Crippen LogP contribution < -0.4 is 15.4 Å². The first kappa shape index (κ1) is 15.8. The number of anilines is 1. The summed E-state index contributed by atoms with van der Waals surface area (Å²) in [4.78, 5) is 0. The molecule has 0 saturated heterocycles. The van der Waals surface area contributed by atoms with Gasteiger partial charge in [-0.1, -0.05) is 24.3 Å². The summed E-state index contributed by atoms with van der Waals surface area (Å²) in [6.07, 6.45) is 4.87. The number of methoxy groups -OCH3 is 1. The lowest BCUT2D eigenvalue weighted by atomic mass is 9.90. The molecule has 4 heteroatoms. The first-order valence-electron chi connectivity index (χ1n) is 8.05. The van der Waals surface area contributed by atoms with Gasteiger partial charge in [0.25, 0.3) is 0 Å². The Labute approximate surface area is 143 Å². The molecule has 0 aromatic heterocycles. The van der Waals surface area contributed by atoms with Crippen LogP contribution in [0.15, 0.2) is 42.5 Å². The lowest BCUT2D eigenvalue weighted by Crippen LogP contribution is -2.28. The SMILES string of the molecule is COc1ccc(CNC(=S)Nc2cccc3c2CCCC3)cc1. The van der Waals surface area contributed by atoms with Crippen LogP contribution in [0.25, 0.3) is 0 Å². The minimum Gasteiger partial charge on any atom is -0.497 e. The number of nitrogens with one attached hydrogen (secondary N) is 2. The molecule has 1 aliphatic rings. The van der Waals surface area contributed by atoms with E-state index in [0.717, 1.165) is 17.9 Å². The van der Waals surface area contributed by atoms with E-state index in [0.29, 0.717) is 11.7 Å². The van der Waals surface area contributed by atoms with E-state index in [1.165, 1.54) is 36.0 Å². The summed E-state index contributed by atoms with van der Waals surface area (Å²) < 4.78 is 5.17. The molecule has 0 spiro atoms. The maximum Gasteiger partial charge on any atom is 0.171 e. The summed E-state index contributed by atoms with van der Waals surface area (Å²) in [6.45, 7) is 0.699. The Morgan fingerprint density at radius 1 is 1.09 bits per heavy atom. The smallest absolute Gasteiger partial charge is 0.171 e. The summed E-state index contributed by atoms with van der Waals surface area (Å²) in [5.74, 6) is 0.866. The lowest BCUT2D eigenvalue weighted by Gasteiger charge is -2.20. The molecule has 2 aromatic carbocycles. The molecule has 0 unspecified atom stereocenters. The van der Waals surface area contributed by atoms with Crippen LogP contribution in [0.1, 0.15) is 29.5 Å². The molecule has 0 amide bonds. The number of benzene rings is 2. The van der Waals surface area contributed by atoms with Gasteiger partial charge in [-0.3, -0.25) is 0 Å². The van der Waals surface area contributed by atoms with Gasteiger partial charge in [0.05, 0.1) is 7.11 Å². The largest absolute Gasteiger partial charge is 0.497 e. The highest BCUT2D eigenvalue weighted by atomic mass is 32.1. The number of rotatable bonds is 4. The van der Waals surface area contributed by atoms with Crippen LogP contribution in [0, 0.1) is 0 Å². The van der Waals surface area contributed by atoms with E-state index in [-0.39, 0.29) is 0 Å². The van der Waals surface area contributed by atoms with Crippen LogP contribution in [-0.4, -0.2) is 12.2 Å². The molecule has 0 aliphatic heterocycles. The quantitative estimate of drug-likeness (QED) is 0.830. The van der Waals surface area contributed by atoms with Gasteiger partial charge < -0.3 is 15.4 Å². The number of hydrogen-bond acceptors (Lipinski definition) is 2. The summed E-state index contributed by atoms with van der Waals surface area (Å²) in [5.41, 5.74) is 5.20. The van der Waals surface area contributed by atoms with Gasteiger partial charge in [0.2, 0.25) is 0 Å². The van der Waals surface area contributed by atoms with Gasteiger partial charge in [0.15, 0.2) is 5.11 Å². The Hall–Kier alpha value is -2.07. The van der Waals surface area contributed by atoms with Crippen molar-refractivity contribution >= 4 is 23.0 Å². The van der Waals surface area contributed by atoms with Crippen molar-refractivity contribution in [2.75, 3.05) is 12.4 Å². The highest BCUT2D eigenvalue weighted by molar-refractivity contribution is 7.80. The predicted molar refractivity (Wildman–Crippen MR) is 99.1 cm³/mol. The van der Waals surface area contributed by atoms with Gasteiger partial charge in [-0.2, -0.15) is 0 Å². The second-order valence-corrected chi connectivity index (χ2v) is 6.21. The first-order valence-corrected chi connectivity index (χ1v) is 8.45. The van der Waals surface area contributed by atoms with Crippen LogP contribution in [0.5, 0.6) is 5.75 Å². The molecule has 1 aliphatic carbocycles. The average Bonchev–Trinajstić information content (AvgIpc) is 2.61. The molecule has 0 bridgehead atoms. The topological polar surface area (TPSA) is 33.3 Å². The van der Waals surface area contributed by atoms with Gasteiger partial charge in [-0.15, -0.1) is 0 Å². The Bertz CT molecular complexity index is 682. The number of hydrogen-bond donors (Lipinski definition) is 2. The average molecular weight is 326 g/mol. The van der Waals surface area contributed by atoms with E-state index in [1.54, 1.807) is 7.11 Å². The van der Waals surface area contributed by atoms with E-state index in [2.05, 4.69) is 28.8 Å². The van der Waals surface area contributed by atoms with Crippen LogP contribution in [0.3, 0.4) is 0 Å². The van der Waals surface area contributed by atoms with Gasteiger partial charge in [-0.25, -0.2) is 0 Å². The third-order valence-electron chi connectivity index (χ3n) is 4.26. The fourth-order valence-corrected chi connectivity index (χ4v) is 3.17. The maximum absolute atomic E-state index is 5.44. The number of fused-ring (bicyclic) bond motifs is 1. The fourth-order valence-electron chi connectivity index (χ4n) is 2.99. The molecular weight excluding hydrogens is 304 g/mol. The molecule has 0 radical (unpaired) electrons. The Kier molecular flexibility index (Phi) is 5.13. The van der Waals surface area contributed by atoms with E-state index in [4.69, 9.17) is 17.0 Å². The monoisotopic (exact) mass is 326 g/mol. The minimum absolute atomic E-state index is 0.666. The van der Waals surface area contributed by atoms with E-state index >= 15 is 0 Å². The molecule has 3 rings (SSSR count). The van der Waals surface area contributed by atoms with Crippen molar-refractivity contribution in [1.82, 2.24) is 5.32 Å². The van der Waals surface area contributed by atoms with Gasteiger partial charge in [0, 0.05) is 12.2 Å². The van der Waals surface area contributed by atoms with Crippen molar-refractivity contribution in [3.63, 3.8) is 0 Å². The molecular formula is C19H22N2OS. The van der Waals surface area contributed by atoms with E-state index < -0.39 is 0 Å². The van der Waals surface area contributed by atoms with E-state index in [1.807, 2.05) is 24.3 Å². The highest BCUT2D eigenvalue weighted by Gasteiger charge is 2.13. The zero-order valence-electron chi connectivity index (χ0n) is 13.4. The van der Waals surface area contributed by atoms with Crippen LogP contribution in [-0.2, 0) is 19.4 Å². The van der Waals surface area contributed by atoms with Crippen molar-refractivity contribution in [3.05, 3.63) is 59.2 Å². The number of ether oxygens (including phenoxy) is 1. The number of thiocarbonyl (C=S) groups is 1. The van der Waals surface area contributed by atoms with Crippen molar-refractivity contribution in [3.8, 4) is 5.75 Å². The Morgan fingerprint density at radius 3 is 2.65 bits per heavy atom. The molecule has 0 fully saturated rings. The predicted octanol–water partition coefficient (Wildman–Crippen LogP) is 4.06.